The summed E-state index contributed by atoms with van der Waals surface area (Å²) in [6, 6.07) is 1.31. The van der Waals surface area contributed by atoms with E-state index in [9.17, 15) is 18.0 Å². The molecule has 2 aliphatic carbocycles. The Labute approximate surface area is 169 Å². The van der Waals surface area contributed by atoms with Crippen molar-refractivity contribution in [2.75, 3.05) is 13.1 Å². The number of carbonyl (C=O) groups excluding carboxylic acids is 1. The number of nitrogens with two attached hydrogens (primary N) is 1. The Morgan fingerprint density at radius 3 is 2.46 bits per heavy atom. The fourth-order valence-corrected chi connectivity index (χ4v) is 5.37. The minimum absolute atomic E-state index is 0. The number of piperidine rings is 1. The van der Waals surface area contributed by atoms with E-state index < -0.39 is 11.9 Å². The molecule has 3 fully saturated rings. The molecule has 3 atom stereocenters. The highest BCUT2D eigenvalue weighted by Crippen LogP contribution is 2.43. The molecular formula is C19H28ClF3N4O. The van der Waals surface area contributed by atoms with Gasteiger partial charge in [-0.25, -0.2) is 0 Å². The monoisotopic (exact) mass is 420 g/mol. The summed E-state index contributed by atoms with van der Waals surface area (Å²) in [5.74, 6) is 0.949. The van der Waals surface area contributed by atoms with Gasteiger partial charge in [0.25, 0.3) is 0 Å². The largest absolute Gasteiger partial charge is 0.435 e. The van der Waals surface area contributed by atoms with Crippen molar-refractivity contribution in [1.29, 1.82) is 0 Å². The molecule has 4 rings (SSSR count). The lowest BCUT2D eigenvalue weighted by Crippen LogP contribution is -2.50. The number of amides is 1. The minimum Gasteiger partial charge on any atom is -0.342 e. The number of rotatable bonds is 2. The standard InChI is InChI=1S/C19H27F3N4O.ClH/c20-19(21,22)16-9-15(24-25-16)13-5-2-6-26(10-13)18(27)14-7-11-3-1-4-12(8-14)17(11)23;/h9,11-14,17H,1-8,10,23H2,(H,24,25);1H. The summed E-state index contributed by atoms with van der Waals surface area (Å²) in [4.78, 5) is 15.0. The summed E-state index contributed by atoms with van der Waals surface area (Å²) >= 11 is 0. The Morgan fingerprint density at radius 2 is 1.86 bits per heavy atom. The summed E-state index contributed by atoms with van der Waals surface area (Å²) in [6.45, 7) is 1.16. The van der Waals surface area contributed by atoms with Crippen LogP contribution in [-0.4, -0.2) is 40.1 Å². The molecule has 3 N–H and O–H groups in total. The first-order chi connectivity index (χ1) is 12.8. The van der Waals surface area contributed by atoms with Crippen LogP contribution in [0.3, 0.4) is 0 Å². The molecule has 3 aliphatic rings. The van der Waals surface area contributed by atoms with Crippen LogP contribution < -0.4 is 5.73 Å². The Balaban J connectivity index is 0.00000225. The lowest BCUT2D eigenvalue weighted by atomic mass is 9.65. The van der Waals surface area contributed by atoms with Gasteiger partial charge in [-0.1, -0.05) is 6.42 Å². The zero-order chi connectivity index (χ0) is 19.2. The Kier molecular flexibility index (Phi) is 6.29. The summed E-state index contributed by atoms with van der Waals surface area (Å²) in [5, 5.41) is 5.94. The molecule has 1 aromatic heterocycles. The lowest BCUT2D eigenvalue weighted by molar-refractivity contribution is -0.141. The molecule has 1 aliphatic heterocycles. The fraction of sp³-hybridized carbons (Fsp3) is 0.789. The van der Waals surface area contributed by atoms with Crippen LogP contribution in [0.1, 0.15) is 62.3 Å². The van der Waals surface area contributed by atoms with Gasteiger partial charge in [0.2, 0.25) is 5.91 Å². The maximum atomic E-state index is 13.1. The van der Waals surface area contributed by atoms with Crippen molar-refractivity contribution in [2.45, 2.75) is 63.1 Å². The van der Waals surface area contributed by atoms with Crippen LogP contribution in [0.25, 0.3) is 0 Å². The Bertz CT molecular complexity index is 681. The lowest BCUT2D eigenvalue weighted by Gasteiger charge is -2.45. The Morgan fingerprint density at radius 1 is 1.18 bits per heavy atom. The molecule has 1 amide bonds. The van der Waals surface area contributed by atoms with Crippen molar-refractivity contribution in [2.24, 2.45) is 23.5 Å². The van der Waals surface area contributed by atoms with Crippen molar-refractivity contribution in [3.05, 3.63) is 17.5 Å². The van der Waals surface area contributed by atoms with Gasteiger partial charge in [0.1, 0.15) is 0 Å². The SMILES string of the molecule is Cl.NC1C2CCCC1CC(C(=O)N1CCCC(c3cc(C(F)(F)F)n[nH]3)C1)C2. The topological polar surface area (TPSA) is 75.0 Å². The highest BCUT2D eigenvalue weighted by molar-refractivity contribution is 5.85. The molecule has 1 saturated heterocycles. The van der Waals surface area contributed by atoms with E-state index in [1.165, 1.54) is 6.42 Å². The van der Waals surface area contributed by atoms with Gasteiger partial charge in [-0.3, -0.25) is 9.89 Å². The second kappa shape index (κ2) is 8.22. The van der Waals surface area contributed by atoms with Crippen LogP contribution in [0.4, 0.5) is 13.2 Å². The van der Waals surface area contributed by atoms with Crippen LogP contribution in [-0.2, 0) is 11.0 Å². The number of alkyl halides is 3. The molecule has 3 unspecified atom stereocenters. The van der Waals surface area contributed by atoms with Gasteiger partial charge < -0.3 is 10.6 Å². The van der Waals surface area contributed by atoms with Crippen molar-refractivity contribution in [3.8, 4) is 0 Å². The zero-order valence-electron chi connectivity index (χ0n) is 15.8. The molecule has 2 saturated carbocycles. The number of carbonyl (C=O) groups is 1. The normalized spacial score (nSPS) is 33.3. The zero-order valence-corrected chi connectivity index (χ0v) is 16.6. The summed E-state index contributed by atoms with van der Waals surface area (Å²) in [7, 11) is 0. The number of likely N-dealkylation sites (tertiary alicyclic amines) is 1. The number of aromatic amines is 1. The number of hydrogen-bond acceptors (Lipinski definition) is 3. The van der Waals surface area contributed by atoms with E-state index in [0.717, 1.165) is 44.6 Å². The Hall–Kier alpha value is -1.28. The van der Waals surface area contributed by atoms with E-state index in [4.69, 9.17) is 5.73 Å². The van der Waals surface area contributed by atoms with Crippen LogP contribution in [0.5, 0.6) is 0 Å². The average molecular weight is 421 g/mol. The molecule has 1 aromatic rings. The van der Waals surface area contributed by atoms with Gasteiger partial charge in [0.05, 0.1) is 0 Å². The van der Waals surface area contributed by atoms with E-state index in [1.54, 1.807) is 0 Å². The minimum atomic E-state index is -4.45. The van der Waals surface area contributed by atoms with Crippen molar-refractivity contribution < 1.29 is 18.0 Å². The summed E-state index contributed by atoms with van der Waals surface area (Å²) in [5.41, 5.74) is 5.91. The molecule has 2 bridgehead atoms. The predicted molar refractivity (Wildman–Crippen MR) is 101 cm³/mol. The first kappa shape index (κ1) is 21.4. The molecule has 2 heterocycles. The second-order valence-corrected chi connectivity index (χ2v) is 8.53. The quantitative estimate of drug-likeness (QED) is 0.765. The predicted octanol–water partition coefficient (Wildman–Crippen LogP) is 3.71. The van der Waals surface area contributed by atoms with Gasteiger partial charge in [-0.15, -0.1) is 12.4 Å². The van der Waals surface area contributed by atoms with Gasteiger partial charge in [-0.2, -0.15) is 18.3 Å². The molecule has 0 spiro atoms. The smallest absolute Gasteiger partial charge is 0.342 e. The average Bonchev–Trinajstić information content (AvgIpc) is 3.12. The number of H-pyrrole nitrogens is 1. The number of aromatic nitrogens is 2. The van der Waals surface area contributed by atoms with Gasteiger partial charge >= 0.3 is 6.18 Å². The van der Waals surface area contributed by atoms with Crippen LogP contribution in [0.15, 0.2) is 6.07 Å². The van der Waals surface area contributed by atoms with Crippen molar-refractivity contribution in [3.63, 3.8) is 0 Å². The van der Waals surface area contributed by atoms with Gasteiger partial charge in [0, 0.05) is 36.7 Å². The van der Waals surface area contributed by atoms with E-state index >= 15 is 0 Å². The number of halogens is 4. The van der Waals surface area contributed by atoms with Crippen LogP contribution >= 0.6 is 12.4 Å². The summed E-state index contributed by atoms with van der Waals surface area (Å²) in [6.07, 6.45) is 2.27. The maximum absolute atomic E-state index is 13.1. The maximum Gasteiger partial charge on any atom is 0.435 e. The van der Waals surface area contributed by atoms with E-state index in [2.05, 4.69) is 10.2 Å². The third-order valence-electron chi connectivity index (χ3n) is 6.82. The highest BCUT2D eigenvalue weighted by Gasteiger charge is 2.42. The first-order valence-electron chi connectivity index (χ1n) is 10.00. The third kappa shape index (κ3) is 4.17. The van der Waals surface area contributed by atoms with Gasteiger partial charge in [-0.05, 0) is 56.4 Å². The first-order valence-corrected chi connectivity index (χ1v) is 10.00. The van der Waals surface area contributed by atoms with Crippen molar-refractivity contribution >= 4 is 18.3 Å². The van der Waals surface area contributed by atoms with Gasteiger partial charge in [0.15, 0.2) is 5.69 Å². The third-order valence-corrected chi connectivity index (χ3v) is 6.82. The van der Waals surface area contributed by atoms with Crippen LogP contribution in [0.2, 0.25) is 0 Å². The summed E-state index contributed by atoms with van der Waals surface area (Å²) < 4.78 is 38.4. The number of nitrogens with zero attached hydrogens (tertiary/aromatic N) is 2. The van der Waals surface area contributed by atoms with Crippen molar-refractivity contribution in [1.82, 2.24) is 15.1 Å². The van der Waals surface area contributed by atoms with E-state index in [1.807, 2.05) is 4.90 Å². The van der Waals surface area contributed by atoms with E-state index in [-0.39, 0.29) is 36.2 Å². The second-order valence-electron chi connectivity index (χ2n) is 8.53. The number of nitrogens with one attached hydrogen (secondary N) is 1. The molecule has 0 radical (unpaired) electrons. The molecule has 9 heteroatoms. The molecular weight excluding hydrogens is 393 g/mol. The molecule has 0 aromatic carbocycles. The number of hydrogen-bond donors (Lipinski definition) is 2. The molecule has 158 valence electrons. The highest BCUT2D eigenvalue weighted by atomic mass is 35.5. The van der Waals surface area contributed by atoms with Crippen LogP contribution in [0, 0.1) is 17.8 Å². The number of fused-ring (bicyclic) bond motifs is 2. The molecule has 5 nitrogen and oxygen atoms in total. The fourth-order valence-electron chi connectivity index (χ4n) is 5.37. The van der Waals surface area contributed by atoms with E-state index in [0.29, 0.717) is 30.6 Å². The molecule has 28 heavy (non-hydrogen) atoms.